The molecule has 0 saturated carbocycles. The first kappa shape index (κ1) is 34.9. The Labute approximate surface area is 276 Å². The highest BCUT2D eigenvalue weighted by Gasteiger charge is 2.26. The van der Waals surface area contributed by atoms with Crippen LogP contribution in [0.1, 0.15) is 58.1 Å². The van der Waals surface area contributed by atoms with Gasteiger partial charge in [-0.2, -0.15) is 0 Å². The summed E-state index contributed by atoms with van der Waals surface area (Å²) in [6, 6.07) is 16.0. The molecule has 0 spiro atoms. The van der Waals surface area contributed by atoms with E-state index in [4.69, 9.17) is 5.73 Å². The standard InChI is InChI=1S/C32H38N8O4.C3H8/c1-3-14-39(30(41)18-36-32(43)44-2)19-28-34-16-26(37-28)23-10-6-21(7-11-23)22-8-12-24(13-9-22)27-17-35-29(38-27)20-40-15-4-5-25(33)31(40)42;1-3-2/h6-13,16-17,25H,3-5,14-15,18-20,33H2,1-2H3,(H,34,37)(H,35,38)(H,36,43);3H2,1-2H3. The van der Waals surface area contributed by atoms with Gasteiger partial charge in [-0.1, -0.05) is 75.7 Å². The largest absolute Gasteiger partial charge is 0.453 e. The van der Waals surface area contributed by atoms with Crippen LogP contribution in [0.15, 0.2) is 60.9 Å². The Morgan fingerprint density at radius 3 is 2.02 bits per heavy atom. The topological polar surface area (TPSA) is 162 Å². The van der Waals surface area contributed by atoms with E-state index in [1.165, 1.54) is 13.5 Å². The molecule has 0 bridgehead atoms. The number of hydrogen-bond acceptors (Lipinski definition) is 7. The van der Waals surface area contributed by atoms with Crippen LogP contribution in [0.5, 0.6) is 0 Å². The molecule has 3 amide bonds. The molecule has 5 rings (SSSR count). The summed E-state index contributed by atoms with van der Waals surface area (Å²) in [6.45, 7) is 8.08. The van der Waals surface area contributed by atoms with Crippen LogP contribution in [-0.2, 0) is 27.4 Å². The van der Waals surface area contributed by atoms with Crippen molar-refractivity contribution in [1.29, 1.82) is 0 Å². The number of imidazole rings is 2. The lowest BCUT2D eigenvalue weighted by atomic mass is 10.0. The maximum Gasteiger partial charge on any atom is 0.407 e. The average molecular weight is 643 g/mol. The van der Waals surface area contributed by atoms with Crippen LogP contribution < -0.4 is 11.1 Å². The molecule has 2 aromatic carbocycles. The average Bonchev–Trinajstić information content (AvgIpc) is 3.76. The maximum absolute atomic E-state index is 12.6. The number of nitrogens with two attached hydrogens (primary N) is 1. The quantitative estimate of drug-likeness (QED) is 0.177. The van der Waals surface area contributed by atoms with Crippen LogP contribution in [-0.4, -0.2) is 80.4 Å². The molecule has 12 heteroatoms. The van der Waals surface area contributed by atoms with Crippen molar-refractivity contribution in [3.05, 3.63) is 72.6 Å². The molecule has 1 saturated heterocycles. The Bertz CT molecular complexity index is 1600. The lowest BCUT2D eigenvalue weighted by Crippen LogP contribution is -2.47. The molecule has 5 N–H and O–H groups in total. The SMILES string of the molecule is CCC.CCCN(Cc1ncc(-c2ccc(-c3ccc(-c4cnc(CN5CCCC(N)C5=O)[nH]4)cc3)cc2)[nH]1)C(=O)CNC(=O)OC. The first-order valence-electron chi connectivity index (χ1n) is 16.2. The van der Waals surface area contributed by atoms with Crippen LogP contribution in [0, 0.1) is 0 Å². The number of aromatic nitrogens is 4. The zero-order chi connectivity index (χ0) is 33.8. The molecule has 47 heavy (non-hydrogen) atoms. The Hall–Kier alpha value is -4.97. The van der Waals surface area contributed by atoms with Crippen molar-refractivity contribution in [2.75, 3.05) is 26.7 Å². The molecular weight excluding hydrogens is 596 g/mol. The number of aromatic amines is 2. The molecule has 1 unspecified atom stereocenters. The molecular formula is C35H46N8O4. The van der Waals surface area contributed by atoms with Gasteiger partial charge >= 0.3 is 6.09 Å². The number of nitrogens with zero attached hydrogens (tertiary/aromatic N) is 4. The minimum absolute atomic E-state index is 0.0190. The van der Waals surface area contributed by atoms with Gasteiger partial charge in [-0.05, 0) is 41.5 Å². The van der Waals surface area contributed by atoms with Crippen molar-refractivity contribution in [2.45, 2.75) is 65.6 Å². The van der Waals surface area contributed by atoms with Gasteiger partial charge in [-0.25, -0.2) is 14.8 Å². The van der Waals surface area contributed by atoms with Crippen molar-refractivity contribution in [3.63, 3.8) is 0 Å². The number of carbonyl (C=O) groups excluding carboxylic acids is 3. The zero-order valence-electron chi connectivity index (χ0n) is 27.7. The van der Waals surface area contributed by atoms with E-state index >= 15 is 0 Å². The molecule has 1 atom stereocenters. The van der Waals surface area contributed by atoms with Gasteiger partial charge in [0.05, 0.1) is 50.0 Å². The molecule has 1 fully saturated rings. The summed E-state index contributed by atoms with van der Waals surface area (Å²) in [7, 11) is 1.26. The van der Waals surface area contributed by atoms with E-state index in [1.54, 1.807) is 22.2 Å². The van der Waals surface area contributed by atoms with E-state index in [0.717, 1.165) is 58.7 Å². The van der Waals surface area contributed by atoms with Crippen LogP contribution >= 0.6 is 0 Å². The van der Waals surface area contributed by atoms with E-state index in [9.17, 15) is 14.4 Å². The van der Waals surface area contributed by atoms with Gasteiger partial charge in [0.15, 0.2) is 0 Å². The number of rotatable bonds is 11. The second-order valence-electron chi connectivity index (χ2n) is 11.5. The molecule has 250 valence electrons. The normalized spacial score (nSPS) is 14.3. The summed E-state index contributed by atoms with van der Waals surface area (Å²) in [5.41, 5.74) is 11.8. The number of carbonyl (C=O) groups is 3. The number of hydrogen-bond donors (Lipinski definition) is 4. The fourth-order valence-electron chi connectivity index (χ4n) is 5.25. The summed E-state index contributed by atoms with van der Waals surface area (Å²) < 4.78 is 4.54. The highest BCUT2D eigenvalue weighted by molar-refractivity contribution is 5.83. The number of piperidine rings is 1. The van der Waals surface area contributed by atoms with Crippen LogP contribution in [0.3, 0.4) is 0 Å². The van der Waals surface area contributed by atoms with Gasteiger partial charge in [0, 0.05) is 13.1 Å². The predicted octanol–water partition coefficient (Wildman–Crippen LogP) is 5.09. The van der Waals surface area contributed by atoms with Gasteiger partial charge in [0.1, 0.15) is 18.2 Å². The third kappa shape index (κ3) is 9.52. The van der Waals surface area contributed by atoms with Gasteiger partial charge in [-0.15, -0.1) is 0 Å². The van der Waals surface area contributed by atoms with E-state index in [2.05, 4.69) is 68.1 Å². The lowest BCUT2D eigenvalue weighted by Gasteiger charge is -2.29. The second kappa shape index (κ2) is 17.1. The third-order valence-corrected chi connectivity index (χ3v) is 7.65. The summed E-state index contributed by atoms with van der Waals surface area (Å²) in [5.74, 6) is 1.17. The number of amides is 3. The number of likely N-dealkylation sites (tertiary alicyclic amines) is 1. The van der Waals surface area contributed by atoms with Crippen molar-refractivity contribution < 1.29 is 19.1 Å². The minimum atomic E-state index is -0.643. The molecule has 1 aliphatic heterocycles. The zero-order valence-corrected chi connectivity index (χ0v) is 27.7. The highest BCUT2D eigenvalue weighted by Crippen LogP contribution is 2.27. The number of benzene rings is 2. The predicted molar refractivity (Wildman–Crippen MR) is 182 cm³/mol. The molecule has 1 aliphatic rings. The summed E-state index contributed by atoms with van der Waals surface area (Å²) in [4.78, 5) is 55.3. The van der Waals surface area contributed by atoms with Crippen LogP contribution in [0.4, 0.5) is 4.79 Å². The molecule has 4 aromatic rings. The molecule has 0 aliphatic carbocycles. The van der Waals surface area contributed by atoms with Crippen LogP contribution in [0.25, 0.3) is 33.6 Å². The van der Waals surface area contributed by atoms with Gasteiger partial charge in [-0.3, -0.25) is 9.59 Å². The second-order valence-corrected chi connectivity index (χ2v) is 11.5. The van der Waals surface area contributed by atoms with Crippen LogP contribution in [0.2, 0.25) is 0 Å². The van der Waals surface area contributed by atoms with Gasteiger partial charge in [0.2, 0.25) is 11.8 Å². The molecule has 3 heterocycles. The first-order chi connectivity index (χ1) is 22.8. The number of H-pyrrole nitrogens is 2. The van der Waals surface area contributed by atoms with Crippen molar-refractivity contribution in [2.24, 2.45) is 5.73 Å². The Balaban J connectivity index is 0.00000160. The molecule has 0 radical (unpaired) electrons. The monoisotopic (exact) mass is 642 g/mol. The summed E-state index contributed by atoms with van der Waals surface area (Å²) in [5, 5.41) is 2.43. The Morgan fingerprint density at radius 2 is 1.47 bits per heavy atom. The van der Waals surface area contributed by atoms with E-state index < -0.39 is 12.1 Å². The highest BCUT2D eigenvalue weighted by atomic mass is 16.5. The minimum Gasteiger partial charge on any atom is -0.453 e. The van der Waals surface area contributed by atoms with Crippen molar-refractivity contribution >= 4 is 17.9 Å². The number of alkyl carbamates (subject to hydrolysis) is 1. The fraction of sp³-hybridized carbons (Fsp3) is 0.400. The number of methoxy groups -OCH3 is 1. The van der Waals surface area contributed by atoms with Crippen molar-refractivity contribution in [1.82, 2.24) is 35.1 Å². The number of nitrogens with one attached hydrogen (secondary N) is 3. The first-order valence-corrected chi connectivity index (χ1v) is 16.2. The maximum atomic E-state index is 12.6. The fourth-order valence-corrected chi connectivity index (χ4v) is 5.25. The van der Waals surface area contributed by atoms with Gasteiger partial charge < -0.3 is 35.6 Å². The van der Waals surface area contributed by atoms with E-state index in [1.807, 2.05) is 31.2 Å². The molecule has 12 nitrogen and oxygen atoms in total. The summed E-state index contributed by atoms with van der Waals surface area (Å²) >= 11 is 0. The number of ether oxygens (including phenoxy) is 1. The lowest BCUT2D eigenvalue weighted by molar-refractivity contribution is -0.135. The Kier molecular flexibility index (Phi) is 12.7. The molecule has 2 aromatic heterocycles. The van der Waals surface area contributed by atoms with E-state index in [0.29, 0.717) is 32.0 Å². The summed E-state index contributed by atoms with van der Waals surface area (Å²) in [6.07, 6.45) is 6.58. The third-order valence-electron chi connectivity index (χ3n) is 7.65. The van der Waals surface area contributed by atoms with E-state index in [-0.39, 0.29) is 18.4 Å². The van der Waals surface area contributed by atoms with Crippen molar-refractivity contribution in [3.8, 4) is 33.6 Å². The Morgan fingerprint density at radius 1 is 0.936 bits per heavy atom. The van der Waals surface area contributed by atoms with Gasteiger partial charge in [0.25, 0.3) is 0 Å². The smallest absolute Gasteiger partial charge is 0.407 e.